The molecule has 0 aliphatic heterocycles. The Hall–Kier alpha value is -1.28. The molecular formula is C15H16ClNO. The maximum absolute atomic E-state index is 11.9. The third-order valence-electron chi connectivity index (χ3n) is 4.05. The van der Waals surface area contributed by atoms with Crippen LogP contribution in [0.1, 0.15) is 23.2 Å². The van der Waals surface area contributed by atoms with Crippen molar-refractivity contribution in [3.05, 3.63) is 47.0 Å². The van der Waals surface area contributed by atoms with Gasteiger partial charge in [0.25, 0.3) is 5.91 Å². The van der Waals surface area contributed by atoms with E-state index in [0.717, 1.165) is 12.5 Å². The molecule has 0 aromatic heterocycles. The number of amides is 1. The van der Waals surface area contributed by atoms with E-state index in [-0.39, 0.29) is 5.91 Å². The zero-order valence-electron chi connectivity index (χ0n) is 10.1. The van der Waals surface area contributed by atoms with Crippen molar-refractivity contribution in [1.82, 2.24) is 5.32 Å². The Balaban J connectivity index is 1.56. The number of rotatable bonds is 3. The molecule has 2 aliphatic carbocycles. The summed E-state index contributed by atoms with van der Waals surface area (Å²) in [6, 6.07) is 7.02. The molecule has 1 aromatic rings. The van der Waals surface area contributed by atoms with Gasteiger partial charge >= 0.3 is 0 Å². The molecule has 1 N–H and O–H groups in total. The monoisotopic (exact) mass is 261 g/mol. The summed E-state index contributed by atoms with van der Waals surface area (Å²) >= 11 is 5.80. The van der Waals surface area contributed by atoms with E-state index >= 15 is 0 Å². The van der Waals surface area contributed by atoms with Crippen molar-refractivity contribution in [2.75, 3.05) is 6.54 Å². The second-order valence-corrected chi connectivity index (χ2v) is 5.69. The van der Waals surface area contributed by atoms with Gasteiger partial charge in [0.2, 0.25) is 0 Å². The molecule has 0 spiro atoms. The molecule has 1 fully saturated rings. The minimum absolute atomic E-state index is 0.00146. The molecule has 18 heavy (non-hydrogen) atoms. The average molecular weight is 262 g/mol. The summed E-state index contributed by atoms with van der Waals surface area (Å²) in [6.07, 6.45) is 7.14. The number of allylic oxidation sites excluding steroid dienone is 2. The number of benzene rings is 1. The van der Waals surface area contributed by atoms with Gasteiger partial charge in [-0.15, -0.1) is 0 Å². The van der Waals surface area contributed by atoms with Gasteiger partial charge in [0.15, 0.2) is 0 Å². The lowest BCUT2D eigenvalue weighted by Crippen LogP contribution is -2.30. The molecule has 3 heteroatoms. The molecule has 0 radical (unpaired) electrons. The van der Waals surface area contributed by atoms with Crippen LogP contribution in [0.15, 0.2) is 36.4 Å². The largest absolute Gasteiger partial charge is 0.352 e. The normalized spacial score (nSPS) is 28.6. The van der Waals surface area contributed by atoms with E-state index in [4.69, 9.17) is 11.6 Å². The van der Waals surface area contributed by atoms with E-state index in [2.05, 4.69) is 17.5 Å². The van der Waals surface area contributed by atoms with Crippen molar-refractivity contribution >= 4 is 17.5 Å². The quantitative estimate of drug-likeness (QED) is 0.832. The molecule has 1 amide bonds. The molecule has 3 rings (SSSR count). The van der Waals surface area contributed by atoms with Gasteiger partial charge in [0.05, 0.1) is 0 Å². The van der Waals surface area contributed by atoms with Gasteiger partial charge < -0.3 is 5.32 Å². The van der Waals surface area contributed by atoms with Gasteiger partial charge in [0, 0.05) is 17.1 Å². The van der Waals surface area contributed by atoms with Crippen LogP contribution in [0, 0.1) is 17.8 Å². The number of carbonyl (C=O) groups is 1. The van der Waals surface area contributed by atoms with Crippen LogP contribution in [0.3, 0.4) is 0 Å². The number of nitrogens with one attached hydrogen (secondary N) is 1. The van der Waals surface area contributed by atoms with E-state index in [1.54, 1.807) is 24.3 Å². The van der Waals surface area contributed by atoms with Gasteiger partial charge in [-0.3, -0.25) is 4.79 Å². The minimum atomic E-state index is -0.00146. The second-order valence-electron chi connectivity index (χ2n) is 5.26. The Kier molecular flexibility index (Phi) is 3.13. The number of hydrogen-bond donors (Lipinski definition) is 1. The highest BCUT2D eigenvalue weighted by molar-refractivity contribution is 6.30. The van der Waals surface area contributed by atoms with Crippen LogP contribution < -0.4 is 5.32 Å². The summed E-state index contributed by atoms with van der Waals surface area (Å²) < 4.78 is 0. The first-order valence-corrected chi connectivity index (χ1v) is 6.82. The fourth-order valence-corrected chi connectivity index (χ4v) is 3.18. The lowest BCUT2D eigenvalue weighted by molar-refractivity contribution is 0.0945. The molecule has 1 saturated carbocycles. The first-order valence-electron chi connectivity index (χ1n) is 6.44. The Morgan fingerprint density at radius 3 is 2.61 bits per heavy atom. The number of halogens is 1. The summed E-state index contributed by atoms with van der Waals surface area (Å²) in [6.45, 7) is 0.785. The van der Waals surface area contributed by atoms with Crippen molar-refractivity contribution in [2.24, 2.45) is 17.8 Å². The molecular weight excluding hydrogens is 246 g/mol. The zero-order valence-corrected chi connectivity index (χ0v) is 10.9. The number of fused-ring (bicyclic) bond motifs is 2. The van der Waals surface area contributed by atoms with E-state index in [0.29, 0.717) is 22.4 Å². The summed E-state index contributed by atoms with van der Waals surface area (Å²) in [5, 5.41) is 3.69. The molecule has 1 aromatic carbocycles. The van der Waals surface area contributed by atoms with E-state index in [1.165, 1.54) is 12.8 Å². The Bertz CT molecular complexity index is 480. The molecule has 2 aliphatic rings. The fraction of sp³-hybridized carbons (Fsp3) is 0.400. The van der Waals surface area contributed by atoms with Crippen molar-refractivity contribution < 1.29 is 4.79 Å². The Morgan fingerprint density at radius 2 is 2.00 bits per heavy atom. The van der Waals surface area contributed by atoms with E-state index in [9.17, 15) is 4.79 Å². The smallest absolute Gasteiger partial charge is 0.251 e. The molecule has 0 unspecified atom stereocenters. The lowest BCUT2D eigenvalue weighted by Gasteiger charge is -2.18. The average Bonchev–Trinajstić information content (AvgIpc) is 2.99. The van der Waals surface area contributed by atoms with Crippen LogP contribution in [-0.4, -0.2) is 12.5 Å². The molecule has 2 nitrogen and oxygen atoms in total. The second kappa shape index (κ2) is 4.77. The summed E-state index contributed by atoms with van der Waals surface area (Å²) in [4.78, 5) is 11.9. The third kappa shape index (κ3) is 2.30. The molecule has 94 valence electrons. The Labute approximate surface area is 112 Å². The van der Waals surface area contributed by atoms with Crippen LogP contribution in [0.4, 0.5) is 0 Å². The van der Waals surface area contributed by atoms with E-state index < -0.39 is 0 Å². The van der Waals surface area contributed by atoms with Gasteiger partial charge in [-0.05, 0) is 54.9 Å². The fourth-order valence-electron chi connectivity index (χ4n) is 3.06. The standard InChI is InChI=1S/C15H16ClNO/c16-14-5-3-11(4-6-14)15(18)17-9-13-8-10-1-2-12(13)7-10/h1-6,10,12-13H,7-9H2,(H,17,18)/t10-,12-,13-/m0/s1. The van der Waals surface area contributed by atoms with Crippen LogP contribution >= 0.6 is 11.6 Å². The van der Waals surface area contributed by atoms with Crippen LogP contribution in [0.25, 0.3) is 0 Å². The predicted octanol–water partition coefficient (Wildman–Crippen LogP) is 3.28. The summed E-state index contributed by atoms with van der Waals surface area (Å²) in [5.74, 6) is 2.06. The maximum Gasteiger partial charge on any atom is 0.251 e. The topological polar surface area (TPSA) is 29.1 Å². The first kappa shape index (κ1) is 11.8. The highest BCUT2D eigenvalue weighted by Gasteiger charge is 2.35. The predicted molar refractivity (Wildman–Crippen MR) is 72.6 cm³/mol. The lowest BCUT2D eigenvalue weighted by atomic mass is 9.93. The van der Waals surface area contributed by atoms with Crippen molar-refractivity contribution in [2.45, 2.75) is 12.8 Å². The van der Waals surface area contributed by atoms with Gasteiger partial charge in [-0.1, -0.05) is 23.8 Å². The Morgan fingerprint density at radius 1 is 1.22 bits per heavy atom. The highest BCUT2D eigenvalue weighted by atomic mass is 35.5. The summed E-state index contributed by atoms with van der Waals surface area (Å²) in [7, 11) is 0. The van der Waals surface area contributed by atoms with Crippen LogP contribution in [0.5, 0.6) is 0 Å². The molecule has 0 saturated heterocycles. The van der Waals surface area contributed by atoms with Crippen molar-refractivity contribution in [3.8, 4) is 0 Å². The molecule has 3 atom stereocenters. The highest BCUT2D eigenvalue weighted by Crippen LogP contribution is 2.42. The first-order chi connectivity index (χ1) is 8.72. The number of hydrogen-bond acceptors (Lipinski definition) is 1. The van der Waals surface area contributed by atoms with Crippen molar-refractivity contribution in [1.29, 1.82) is 0 Å². The van der Waals surface area contributed by atoms with Crippen LogP contribution in [-0.2, 0) is 0 Å². The van der Waals surface area contributed by atoms with E-state index in [1.807, 2.05) is 0 Å². The van der Waals surface area contributed by atoms with Gasteiger partial charge in [-0.2, -0.15) is 0 Å². The molecule has 0 heterocycles. The maximum atomic E-state index is 11.9. The molecule has 2 bridgehead atoms. The number of carbonyl (C=O) groups excluding carboxylic acids is 1. The zero-order chi connectivity index (χ0) is 12.5. The van der Waals surface area contributed by atoms with Gasteiger partial charge in [0.1, 0.15) is 0 Å². The summed E-state index contributed by atoms with van der Waals surface area (Å²) in [5.41, 5.74) is 0.679. The third-order valence-corrected chi connectivity index (χ3v) is 4.30. The van der Waals surface area contributed by atoms with Crippen LogP contribution in [0.2, 0.25) is 5.02 Å². The SMILES string of the molecule is O=C(NC[C@@H]1C[C@H]2C=C[C@H]1C2)c1ccc(Cl)cc1. The van der Waals surface area contributed by atoms with Gasteiger partial charge in [-0.25, -0.2) is 0 Å². The minimum Gasteiger partial charge on any atom is -0.352 e. The van der Waals surface area contributed by atoms with Crippen molar-refractivity contribution in [3.63, 3.8) is 0 Å².